The predicted molar refractivity (Wildman–Crippen MR) is 75.2 cm³/mol. The Morgan fingerprint density at radius 2 is 2.11 bits per heavy atom. The second-order valence-corrected chi connectivity index (χ2v) is 6.05. The highest BCUT2D eigenvalue weighted by Gasteiger charge is 2.19. The molecule has 3 heterocycles. The largest absolute Gasteiger partial charge is 0.367 e. The van der Waals surface area contributed by atoms with Gasteiger partial charge in [0.2, 0.25) is 5.88 Å². The predicted octanol–water partition coefficient (Wildman–Crippen LogP) is 3.81. The van der Waals surface area contributed by atoms with Crippen molar-refractivity contribution in [3.8, 4) is 21.8 Å². The van der Waals surface area contributed by atoms with Crippen LogP contribution in [0.4, 0.5) is 5.88 Å². The Labute approximate surface area is 116 Å². The van der Waals surface area contributed by atoms with Crippen LogP contribution < -0.4 is 5.73 Å². The first kappa shape index (κ1) is 11.4. The van der Waals surface area contributed by atoms with Crippen molar-refractivity contribution in [1.29, 1.82) is 0 Å². The number of nitrogens with two attached hydrogens (primary N) is 1. The van der Waals surface area contributed by atoms with Crippen molar-refractivity contribution in [2.45, 2.75) is 0 Å². The number of thiophene rings is 1. The second kappa shape index (κ2) is 4.55. The van der Waals surface area contributed by atoms with Gasteiger partial charge in [-0.3, -0.25) is 4.98 Å². The first-order valence-corrected chi connectivity index (χ1v) is 6.79. The number of hydrogen-bond acceptors (Lipinski definition) is 5. The monoisotopic (exact) mass is 321 g/mol. The fraction of sp³-hybridized carbons (Fsp3) is 0. The average Bonchev–Trinajstić information content (AvgIpc) is 2.96. The quantitative estimate of drug-likeness (QED) is 0.779. The molecule has 3 aromatic rings. The van der Waals surface area contributed by atoms with Gasteiger partial charge in [-0.1, -0.05) is 11.2 Å². The first-order chi connectivity index (χ1) is 8.75. The second-order valence-electron chi connectivity index (χ2n) is 3.59. The number of halogens is 1. The zero-order valence-electron chi connectivity index (χ0n) is 9.13. The van der Waals surface area contributed by atoms with Crippen LogP contribution in [0.25, 0.3) is 21.8 Å². The fourth-order valence-corrected chi connectivity index (χ4v) is 3.04. The van der Waals surface area contributed by atoms with E-state index in [2.05, 4.69) is 26.1 Å². The molecule has 0 radical (unpaired) electrons. The van der Waals surface area contributed by atoms with Crippen LogP contribution in [0.3, 0.4) is 0 Å². The van der Waals surface area contributed by atoms with Crippen LogP contribution in [0.2, 0.25) is 0 Å². The number of anilines is 1. The number of nitrogen functional groups attached to an aromatic ring is 1. The van der Waals surface area contributed by atoms with Crippen LogP contribution in [0.1, 0.15) is 0 Å². The molecule has 0 aliphatic rings. The molecule has 3 rings (SSSR count). The van der Waals surface area contributed by atoms with Gasteiger partial charge >= 0.3 is 0 Å². The third-order valence-corrected chi connectivity index (χ3v) is 4.08. The molecule has 0 fully saturated rings. The van der Waals surface area contributed by atoms with Gasteiger partial charge in [-0.15, -0.1) is 11.3 Å². The Hall–Kier alpha value is -1.66. The number of nitrogens with zero attached hydrogens (tertiary/aromatic N) is 2. The van der Waals surface area contributed by atoms with Crippen LogP contribution in [-0.2, 0) is 0 Å². The number of aromatic nitrogens is 2. The highest BCUT2D eigenvalue weighted by atomic mass is 79.9. The molecule has 0 spiro atoms. The maximum Gasteiger partial charge on any atom is 0.232 e. The maximum absolute atomic E-state index is 5.84. The minimum absolute atomic E-state index is 0.285. The van der Waals surface area contributed by atoms with Crippen molar-refractivity contribution in [2.75, 3.05) is 5.73 Å². The van der Waals surface area contributed by atoms with Crippen LogP contribution in [-0.4, -0.2) is 10.1 Å². The van der Waals surface area contributed by atoms with E-state index in [1.165, 1.54) is 0 Å². The molecule has 3 aromatic heterocycles. The number of hydrogen-bond donors (Lipinski definition) is 1. The molecule has 0 saturated carbocycles. The molecule has 0 bridgehead atoms. The van der Waals surface area contributed by atoms with Gasteiger partial charge in [0.25, 0.3) is 0 Å². The van der Waals surface area contributed by atoms with E-state index >= 15 is 0 Å². The molecule has 18 heavy (non-hydrogen) atoms. The van der Waals surface area contributed by atoms with Gasteiger partial charge < -0.3 is 10.3 Å². The summed E-state index contributed by atoms with van der Waals surface area (Å²) in [6, 6.07) is 9.58. The van der Waals surface area contributed by atoms with E-state index in [0.29, 0.717) is 0 Å². The molecule has 2 N–H and O–H groups in total. The zero-order valence-corrected chi connectivity index (χ0v) is 11.5. The lowest BCUT2D eigenvalue weighted by Crippen LogP contribution is -1.88. The van der Waals surface area contributed by atoms with Crippen molar-refractivity contribution in [2.24, 2.45) is 0 Å². The van der Waals surface area contributed by atoms with Crippen molar-refractivity contribution in [1.82, 2.24) is 10.1 Å². The van der Waals surface area contributed by atoms with E-state index in [4.69, 9.17) is 10.3 Å². The Bertz CT molecular complexity index is 678. The summed E-state index contributed by atoms with van der Waals surface area (Å²) in [6.07, 6.45) is 1.72. The summed E-state index contributed by atoms with van der Waals surface area (Å²) in [5.41, 5.74) is 8.07. The maximum atomic E-state index is 5.84. The highest BCUT2D eigenvalue weighted by molar-refractivity contribution is 9.11. The summed E-state index contributed by atoms with van der Waals surface area (Å²) in [4.78, 5) is 5.28. The molecule has 0 atom stereocenters. The first-order valence-electron chi connectivity index (χ1n) is 5.18. The number of pyridine rings is 1. The standard InChI is InChI=1S/C12H8BrN3OS/c13-9-5-4-8(18-9)11-10(12(14)17-16-11)7-3-1-2-6-15-7/h1-6H,14H2. The summed E-state index contributed by atoms with van der Waals surface area (Å²) in [7, 11) is 0. The molecule has 0 aliphatic heterocycles. The lowest BCUT2D eigenvalue weighted by Gasteiger charge is -1.99. The lowest BCUT2D eigenvalue weighted by atomic mass is 10.1. The minimum atomic E-state index is 0.285. The fourth-order valence-electron chi connectivity index (χ4n) is 1.67. The van der Waals surface area contributed by atoms with Gasteiger partial charge in [-0.05, 0) is 40.2 Å². The third-order valence-electron chi connectivity index (χ3n) is 2.45. The highest BCUT2D eigenvalue weighted by Crippen LogP contribution is 2.39. The van der Waals surface area contributed by atoms with E-state index in [-0.39, 0.29) is 5.88 Å². The van der Waals surface area contributed by atoms with E-state index in [9.17, 15) is 0 Å². The Balaban J connectivity index is 2.18. The molecule has 0 aliphatic carbocycles. The molecule has 90 valence electrons. The summed E-state index contributed by atoms with van der Waals surface area (Å²) in [5.74, 6) is 0.285. The smallest absolute Gasteiger partial charge is 0.232 e. The van der Waals surface area contributed by atoms with Gasteiger partial charge in [0.05, 0.1) is 19.9 Å². The molecule has 0 saturated heterocycles. The van der Waals surface area contributed by atoms with Crippen LogP contribution in [0.15, 0.2) is 44.8 Å². The van der Waals surface area contributed by atoms with E-state index in [1.807, 2.05) is 30.3 Å². The number of rotatable bonds is 2. The SMILES string of the molecule is Nc1onc(-c2ccc(Br)s2)c1-c1ccccn1. The minimum Gasteiger partial charge on any atom is -0.367 e. The Kier molecular flexibility index (Phi) is 2.89. The molecule has 6 heteroatoms. The third kappa shape index (κ3) is 1.93. The zero-order chi connectivity index (χ0) is 12.5. The van der Waals surface area contributed by atoms with Gasteiger partial charge in [0.15, 0.2) is 0 Å². The van der Waals surface area contributed by atoms with Gasteiger partial charge in [0, 0.05) is 6.20 Å². The lowest BCUT2D eigenvalue weighted by molar-refractivity contribution is 0.439. The molecule has 0 aromatic carbocycles. The summed E-state index contributed by atoms with van der Waals surface area (Å²) in [6.45, 7) is 0. The van der Waals surface area contributed by atoms with Crippen LogP contribution >= 0.6 is 27.3 Å². The van der Waals surface area contributed by atoms with E-state index < -0.39 is 0 Å². The topological polar surface area (TPSA) is 64.9 Å². The summed E-state index contributed by atoms with van der Waals surface area (Å²) < 4.78 is 6.13. The van der Waals surface area contributed by atoms with Crippen molar-refractivity contribution in [3.63, 3.8) is 0 Å². The molecular formula is C12H8BrN3OS. The average molecular weight is 322 g/mol. The van der Waals surface area contributed by atoms with Crippen molar-refractivity contribution in [3.05, 3.63) is 40.3 Å². The summed E-state index contributed by atoms with van der Waals surface area (Å²) >= 11 is 5.00. The molecular weight excluding hydrogens is 314 g/mol. The van der Waals surface area contributed by atoms with E-state index in [0.717, 1.165) is 25.6 Å². The summed E-state index contributed by atoms with van der Waals surface area (Å²) in [5, 5.41) is 4.03. The van der Waals surface area contributed by atoms with Crippen LogP contribution in [0.5, 0.6) is 0 Å². The van der Waals surface area contributed by atoms with Gasteiger partial charge in [0.1, 0.15) is 5.69 Å². The van der Waals surface area contributed by atoms with Crippen molar-refractivity contribution < 1.29 is 4.52 Å². The van der Waals surface area contributed by atoms with Gasteiger partial charge in [-0.2, -0.15) is 0 Å². The molecule has 0 amide bonds. The Morgan fingerprint density at radius 1 is 1.22 bits per heavy atom. The van der Waals surface area contributed by atoms with Crippen LogP contribution in [0, 0.1) is 0 Å². The van der Waals surface area contributed by atoms with E-state index in [1.54, 1.807) is 17.5 Å². The Morgan fingerprint density at radius 3 is 2.78 bits per heavy atom. The van der Waals surface area contributed by atoms with Gasteiger partial charge in [-0.25, -0.2) is 0 Å². The molecule has 0 unspecified atom stereocenters. The normalized spacial score (nSPS) is 10.7. The molecule has 4 nitrogen and oxygen atoms in total. The van der Waals surface area contributed by atoms with Crippen molar-refractivity contribution >= 4 is 33.2 Å².